The van der Waals surface area contributed by atoms with Gasteiger partial charge in [0.25, 0.3) is 0 Å². The molecule has 2 aromatic carbocycles. The molecular formula is C21H26N2O2. The number of amides is 2. The van der Waals surface area contributed by atoms with Gasteiger partial charge < -0.3 is 10.6 Å². The molecule has 2 atom stereocenters. The maximum atomic E-state index is 12.6. The fourth-order valence-electron chi connectivity index (χ4n) is 2.83. The maximum Gasteiger partial charge on any atom is 0.226 e. The van der Waals surface area contributed by atoms with Crippen molar-refractivity contribution in [1.29, 1.82) is 0 Å². The number of benzene rings is 2. The summed E-state index contributed by atoms with van der Waals surface area (Å²) < 4.78 is 0. The van der Waals surface area contributed by atoms with Gasteiger partial charge in [-0.05, 0) is 29.5 Å². The average molecular weight is 338 g/mol. The van der Waals surface area contributed by atoms with Gasteiger partial charge in [0.1, 0.15) is 0 Å². The molecule has 25 heavy (non-hydrogen) atoms. The minimum atomic E-state index is -0.338. The molecule has 0 aliphatic heterocycles. The molecule has 0 fully saturated rings. The lowest BCUT2D eigenvalue weighted by Gasteiger charge is -2.20. The third-order valence-corrected chi connectivity index (χ3v) is 4.35. The highest BCUT2D eigenvalue weighted by Crippen LogP contribution is 2.27. The van der Waals surface area contributed by atoms with Gasteiger partial charge in [0, 0.05) is 12.6 Å². The van der Waals surface area contributed by atoms with Crippen molar-refractivity contribution in [2.75, 3.05) is 5.32 Å². The summed E-state index contributed by atoms with van der Waals surface area (Å²) in [6.07, 6.45) is 1.20. The first-order valence-corrected chi connectivity index (χ1v) is 8.72. The molecule has 2 rings (SSSR count). The molecule has 0 radical (unpaired) electrons. The Balaban J connectivity index is 2.13. The smallest absolute Gasteiger partial charge is 0.226 e. The lowest BCUT2D eigenvalue weighted by Crippen LogP contribution is -2.29. The topological polar surface area (TPSA) is 58.2 Å². The van der Waals surface area contributed by atoms with Crippen molar-refractivity contribution in [1.82, 2.24) is 5.32 Å². The van der Waals surface area contributed by atoms with Gasteiger partial charge in [-0.1, -0.05) is 62.4 Å². The Bertz CT molecular complexity index is 713. The minimum absolute atomic E-state index is 0.113. The number of nitrogens with one attached hydrogen (secondary N) is 2. The first kappa shape index (κ1) is 18.7. The average Bonchev–Trinajstić information content (AvgIpc) is 2.61. The van der Waals surface area contributed by atoms with E-state index >= 15 is 0 Å². The van der Waals surface area contributed by atoms with Crippen molar-refractivity contribution >= 4 is 17.5 Å². The van der Waals surface area contributed by atoms with Gasteiger partial charge >= 0.3 is 0 Å². The Kier molecular flexibility index (Phi) is 6.75. The van der Waals surface area contributed by atoms with Crippen LogP contribution < -0.4 is 10.6 Å². The lowest BCUT2D eigenvalue weighted by molar-refractivity contribution is -0.120. The van der Waals surface area contributed by atoms with Gasteiger partial charge in [0.2, 0.25) is 11.8 Å². The van der Waals surface area contributed by atoms with Gasteiger partial charge in [-0.3, -0.25) is 9.59 Å². The van der Waals surface area contributed by atoms with E-state index in [1.165, 1.54) is 6.92 Å². The van der Waals surface area contributed by atoms with Crippen molar-refractivity contribution in [3.05, 3.63) is 65.7 Å². The molecule has 132 valence electrons. The van der Waals surface area contributed by atoms with E-state index < -0.39 is 0 Å². The normalized spacial score (nSPS) is 12.9. The second-order valence-corrected chi connectivity index (χ2v) is 6.31. The van der Waals surface area contributed by atoms with Crippen molar-refractivity contribution < 1.29 is 9.59 Å². The predicted molar refractivity (Wildman–Crippen MR) is 101 cm³/mol. The molecule has 0 saturated carbocycles. The van der Waals surface area contributed by atoms with Crippen LogP contribution in [0.25, 0.3) is 0 Å². The molecule has 0 saturated heterocycles. The van der Waals surface area contributed by atoms with Crippen LogP contribution in [-0.4, -0.2) is 11.8 Å². The molecule has 4 heteroatoms. The van der Waals surface area contributed by atoms with Gasteiger partial charge in [-0.15, -0.1) is 0 Å². The summed E-state index contributed by atoms with van der Waals surface area (Å²) in [6.45, 7) is 5.74. The zero-order chi connectivity index (χ0) is 18.2. The Hall–Kier alpha value is -2.62. The van der Waals surface area contributed by atoms with E-state index in [0.717, 1.165) is 23.2 Å². The number of carbonyl (C=O) groups excluding carboxylic acids is 2. The summed E-state index contributed by atoms with van der Waals surface area (Å²) in [5.41, 5.74) is 2.90. The Morgan fingerprint density at radius 3 is 2.28 bits per heavy atom. The Morgan fingerprint density at radius 1 is 1.00 bits per heavy atom. The lowest BCUT2D eigenvalue weighted by atomic mass is 9.96. The van der Waals surface area contributed by atoms with E-state index in [-0.39, 0.29) is 24.3 Å². The molecule has 4 nitrogen and oxygen atoms in total. The number of anilines is 1. The van der Waals surface area contributed by atoms with E-state index in [4.69, 9.17) is 0 Å². The molecule has 0 aromatic heterocycles. The molecule has 2 N–H and O–H groups in total. The van der Waals surface area contributed by atoms with E-state index in [0.29, 0.717) is 5.92 Å². The zero-order valence-electron chi connectivity index (χ0n) is 15.1. The summed E-state index contributed by atoms with van der Waals surface area (Å²) in [5.74, 6) is 0.108. The second-order valence-electron chi connectivity index (χ2n) is 6.31. The van der Waals surface area contributed by atoms with Crippen LogP contribution in [0.2, 0.25) is 0 Å². The molecule has 0 aliphatic rings. The van der Waals surface area contributed by atoms with Crippen LogP contribution in [0.4, 0.5) is 5.69 Å². The third-order valence-electron chi connectivity index (χ3n) is 4.35. The Morgan fingerprint density at radius 2 is 1.64 bits per heavy atom. The zero-order valence-corrected chi connectivity index (χ0v) is 15.1. The van der Waals surface area contributed by atoms with Gasteiger partial charge in [-0.25, -0.2) is 0 Å². The largest absolute Gasteiger partial charge is 0.349 e. The van der Waals surface area contributed by atoms with Crippen LogP contribution in [0.1, 0.15) is 56.7 Å². The highest BCUT2D eigenvalue weighted by molar-refractivity contribution is 5.92. The monoisotopic (exact) mass is 338 g/mol. The van der Waals surface area contributed by atoms with Gasteiger partial charge in [0.15, 0.2) is 0 Å². The van der Waals surface area contributed by atoms with Crippen LogP contribution in [0.15, 0.2) is 54.6 Å². The molecule has 0 bridgehead atoms. The molecule has 0 unspecified atom stereocenters. The predicted octanol–water partition coefficient (Wildman–Crippen LogP) is 4.41. The number of para-hydroxylation sites is 1. The van der Waals surface area contributed by atoms with Crippen molar-refractivity contribution in [3.8, 4) is 0 Å². The van der Waals surface area contributed by atoms with E-state index in [2.05, 4.69) is 24.5 Å². The molecule has 0 aliphatic carbocycles. The fraction of sp³-hybridized carbons (Fsp3) is 0.333. The standard InChI is InChI=1S/C21H26N2O2/c1-4-15(2)18-12-8-9-13-19(18)23-21(25)14-20(22-16(3)24)17-10-6-5-7-11-17/h5-13,15,20H,4,14H2,1-3H3,(H,22,24)(H,23,25)/t15-,20+/m1/s1. The van der Waals surface area contributed by atoms with Crippen LogP contribution in [-0.2, 0) is 9.59 Å². The van der Waals surface area contributed by atoms with Crippen molar-refractivity contribution in [3.63, 3.8) is 0 Å². The summed E-state index contributed by atoms with van der Waals surface area (Å²) in [4.78, 5) is 24.1. The fourth-order valence-corrected chi connectivity index (χ4v) is 2.83. The highest BCUT2D eigenvalue weighted by atomic mass is 16.2. The van der Waals surface area contributed by atoms with Crippen LogP contribution in [0, 0.1) is 0 Å². The van der Waals surface area contributed by atoms with E-state index in [1.54, 1.807) is 0 Å². The molecule has 0 heterocycles. The summed E-state index contributed by atoms with van der Waals surface area (Å²) in [5, 5.41) is 5.87. The minimum Gasteiger partial charge on any atom is -0.349 e. The van der Waals surface area contributed by atoms with Crippen molar-refractivity contribution in [2.24, 2.45) is 0 Å². The van der Waals surface area contributed by atoms with Crippen LogP contribution >= 0.6 is 0 Å². The molecule has 0 spiro atoms. The molecule has 2 aromatic rings. The molecule has 2 amide bonds. The SMILES string of the molecule is CC[C@@H](C)c1ccccc1NC(=O)C[C@H](NC(C)=O)c1ccccc1. The highest BCUT2D eigenvalue weighted by Gasteiger charge is 2.18. The third kappa shape index (κ3) is 5.45. The van der Waals surface area contributed by atoms with E-state index in [9.17, 15) is 9.59 Å². The van der Waals surface area contributed by atoms with E-state index in [1.807, 2.05) is 54.6 Å². The summed E-state index contributed by atoms with van der Waals surface area (Å²) in [6, 6.07) is 17.1. The summed E-state index contributed by atoms with van der Waals surface area (Å²) >= 11 is 0. The first-order valence-electron chi connectivity index (χ1n) is 8.72. The quantitative estimate of drug-likeness (QED) is 0.786. The number of carbonyl (C=O) groups is 2. The van der Waals surface area contributed by atoms with Crippen LogP contribution in [0.5, 0.6) is 0 Å². The maximum absolute atomic E-state index is 12.6. The number of hydrogen-bond acceptors (Lipinski definition) is 2. The van der Waals surface area contributed by atoms with Crippen molar-refractivity contribution in [2.45, 2.75) is 45.6 Å². The second kappa shape index (κ2) is 9.02. The number of rotatable bonds is 7. The first-order chi connectivity index (χ1) is 12.0. The molecular weight excluding hydrogens is 312 g/mol. The van der Waals surface area contributed by atoms with Crippen LogP contribution in [0.3, 0.4) is 0 Å². The summed E-state index contributed by atoms with van der Waals surface area (Å²) in [7, 11) is 0. The Labute approximate surface area is 149 Å². The van der Waals surface area contributed by atoms with Gasteiger partial charge in [-0.2, -0.15) is 0 Å². The number of hydrogen-bond donors (Lipinski definition) is 2. The van der Waals surface area contributed by atoms with Gasteiger partial charge in [0.05, 0.1) is 12.5 Å².